The molecule has 2 atom stereocenters. The first kappa shape index (κ1) is 20.5. The van der Waals surface area contributed by atoms with Gasteiger partial charge in [-0.3, -0.25) is 0 Å². The molecular formula is C18H32Cl2N2Ti-2. The van der Waals surface area contributed by atoms with Crippen LogP contribution in [0.3, 0.4) is 0 Å². The van der Waals surface area contributed by atoms with E-state index in [-0.39, 0.29) is 0 Å². The van der Waals surface area contributed by atoms with Crippen LogP contribution in [0.15, 0.2) is 0 Å². The van der Waals surface area contributed by atoms with Gasteiger partial charge < -0.3 is 10.6 Å². The fourth-order valence-electron chi connectivity index (χ4n) is 4.44. The first-order chi connectivity index (χ1) is 11.3. The first-order valence-corrected chi connectivity index (χ1v) is 14.0. The third kappa shape index (κ3) is 7.97. The van der Waals surface area contributed by atoms with Crippen molar-refractivity contribution in [3.8, 4) is 0 Å². The zero-order valence-corrected chi connectivity index (χ0v) is 17.4. The molecule has 5 heteroatoms. The number of hydrogen-bond donors (Lipinski definition) is 0. The van der Waals surface area contributed by atoms with Gasteiger partial charge in [-0.2, -0.15) is 12.1 Å². The van der Waals surface area contributed by atoms with Crippen molar-refractivity contribution in [2.75, 3.05) is 0 Å². The van der Waals surface area contributed by atoms with Crippen LogP contribution in [-0.2, 0) is 17.0 Å². The van der Waals surface area contributed by atoms with E-state index in [9.17, 15) is 0 Å². The molecule has 0 N–H and O–H groups in total. The summed E-state index contributed by atoms with van der Waals surface area (Å²) in [5.74, 6) is 0. The Labute approximate surface area is 159 Å². The maximum atomic E-state index is 5.25. The summed E-state index contributed by atoms with van der Waals surface area (Å²) in [5, 5.41) is 10.5. The van der Waals surface area contributed by atoms with E-state index in [1.807, 2.05) is 0 Å². The molecule has 2 unspecified atom stereocenters. The van der Waals surface area contributed by atoms with E-state index in [0.29, 0.717) is 24.2 Å². The van der Waals surface area contributed by atoms with E-state index >= 15 is 0 Å². The summed E-state index contributed by atoms with van der Waals surface area (Å²) in [6.07, 6.45) is 19.3. The fourth-order valence-corrected chi connectivity index (χ4v) is 4.44. The molecule has 3 aliphatic carbocycles. The van der Waals surface area contributed by atoms with Crippen molar-refractivity contribution in [2.45, 2.75) is 114 Å². The molecule has 0 heterocycles. The first-order valence-electron chi connectivity index (χ1n) is 9.69. The summed E-state index contributed by atoms with van der Waals surface area (Å²) >= 11 is -0.556. The minimum atomic E-state index is -0.556. The van der Waals surface area contributed by atoms with Gasteiger partial charge in [0.25, 0.3) is 0 Å². The molecule has 0 amide bonds. The molecule has 3 fully saturated rings. The molecule has 3 saturated carbocycles. The zero-order valence-electron chi connectivity index (χ0n) is 14.4. The van der Waals surface area contributed by atoms with Crippen molar-refractivity contribution in [3.05, 3.63) is 10.6 Å². The van der Waals surface area contributed by atoms with Crippen LogP contribution in [0, 0.1) is 0 Å². The number of nitrogens with zero attached hydrogens (tertiary/aromatic N) is 2. The summed E-state index contributed by atoms with van der Waals surface area (Å²) in [4.78, 5) is 0. The normalized spacial score (nSPS) is 30.3. The predicted octanol–water partition coefficient (Wildman–Crippen LogP) is 7.09. The molecule has 0 aromatic heterocycles. The Hall–Kier alpha value is 1.21. The number of rotatable bonds is 4. The van der Waals surface area contributed by atoms with Crippen molar-refractivity contribution in [3.63, 3.8) is 0 Å². The van der Waals surface area contributed by atoms with Gasteiger partial charge in [0.15, 0.2) is 0 Å². The summed E-state index contributed by atoms with van der Waals surface area (Å²) in [5.41, 5.74) is 0. The van der Waals surface area contributed by atoms with Crippen LogP contribution in [0.1, 0.15) is 89.9 Å². The maximum absolute atomic E-state index is 5.25. The quantitative estimate of drug-likeness (QED) is 0.455. The number of halogens is 2. The Kier molecular flexibility index (Phi) is 11.2. The Morgan fingerprint density at radius 1 is 0.522 bits per heavy atom. The van der Waals surface area contributed by atoms with Gasteiger partial charge in [-0.25, -0.2) is 0 Å². The van der Waals surface area contributed by atoms with Crippen molar-refractivity contribution in [1.82, 2.24) is 0 Å². The Balaban J connectivity index is 0.000000595. The molecule has 0 bridgehead atoms. The fraction of sp³-hybridized carbons (Fsp3) is 1.00. The van der Waals surface area contributed by atoms with E-state index < -0.39 is 17.0 Å². The SMILES string of the molecule is C1CCC([N-]C2CCCCC2[N-]C2CCCCC2)CC1.[Cl][Ti][Cl]. The van der Waals surface area contributed by atoms with Gasteiger partial charge >= 0.3 is 35.6 Å². The molecule has 134 valence electrons. The van der Waals surface area contributed by atoms with Crippen LogP contribution < -0.4 is 0 Å². The Morgan fingerprint density at radius 2 is 0.826 bits per heavy atom. The van der Waals surface area contributed by atoms with Gasteiger partial charge in [-0.05, 0) is 0 Å². The molecule has 0 spiro atoms. The Morgan fingerprint density at radius 3 is 1.17 bits per heavy atom. The van der Waals surface area contributed by atoms with Crippen molar-refractivity contribution in [2.24, 2.45) is 0 Å². The van der Waals surface area contributed by atoms with Gasteiger partial charge in [0.2, 0.25) is 0 Å². The molecule has 0 aromatic carbocycles. The number of hydrogen-bond acceptors (Lipinski definition) is 0. The van der Waals surface area contributed by atoms with E-state index in [4.69, 9.17) is 29.2 Å². The van der Waals surface area contributed by atoms with E-state index in [2.05, 4.69) is 0 Å². The monoisotopic (exact) mass is 394 g/mol. The molecule has 0 aliphatic heterocycles. The second-order valence-corrected chi connectivity index (χ2v) is 9.95. The topological polar surface area (TPSA) is 28.2 Å². The average molecular weight is 395 g/mol. The van der Waals surface area contributed by atoms with Gasteiger partial charge in [0, 0.05) is 0 Å². The van der Waals surface area contributed by atoms with E-state index in [0.717, 1.165) is 0 Å². The van der Waals surface area contributed by atoms with Crippen molar-refractivity contribution in [1.29, 1.82) is 0 Å². The van der Waals surface area contributed by atoms with Crippen LogP contribution in [0.2, 0.25) is 0 Å². The third-order valence-corrected chi connectivity index (χ3v) is 5.65. The van der Waals surface area contributed by atoms with Gasteiger partial charge in [0.05, 0.1) is 0 Å². The second kappa shape index (κ2) is 12.5. The second-order valence-electron chi connectivity index (χ2n) is 7.37. The van der Waals surface area contributed by atoms with Crippen LogP contribution in [0.25, 0.3) is 10.6 Å². The van der Waals surface area contributed by atoms with Crippen LogP contribution in [0.5, 0.6) is 0 Å². The third-order valence-electron chi connectivity index (χ3n) is 5.65. The molecule has 3 rings (SSSR count). The summed E-state index contributed by atoms with van der Waals surface area (Å²) in [6, 6.07) is 2.51. The molecular weight excluding hydrogens is 363 g/mol. The summed E-state index contributed by atoms with van der Waals surface area (Å²) < 4.78 is 0. The van der Waals surface area contributed by atoms with Crippen LogP contribution in [-0.4, -0.2) is 24.2 Å². The average Bonchev–Trinajstić information content (AvgIpc) is 2.59. The summed E-state index contributed by atoms with van der Waals surface area (Å²) in [7, 11) is 9.78. The summed E-state index contributed by atoms with van der Waals surface area (Å²) in [6.45, 7) is 0. The standard InChI is InChI=1S/C18H32N2.2ClH.Ti/c1-3-9-15(10-4-1)19-17-13-7-8-14-18(17)20-16-11-5-2-6-12-16;;;/h15-18H,1-14H2;2*1H;/q-2;;;+2/p-2. The molecule has 2 nitrogen and oxygen atoms in total. The molecule has 0 aromatic rings. The Bertz CT molecular complexity index is 267. The molecule has 23 heavy (non-hydrogen) atoms. The molecule has 3 aliphatic rings. The van der Waals surface area contributed by atoms with Crippen LogP contribution >= 0.6 is 18.6 Å². The minimum absolute atomic E-state index is 0.556. The van der Waals surface area contributed by atoms with Gasteiger partial charge in [0.1, 0.15) is 0 Å². The van der Waals surface area contributed by atoms with Gasteiger partial charge in [-0.1, -0.05) is 89.9 Å². The van der Waals surface area contributed by atoms with Crippen molar-refractivity contribution >= 4 is 18.6 Å². The van der Waals surface area contributed by atoms with E-state index in [1.165, 1.54) is 89.9 Å². The van der Waals surface area contributed by atoms with Gasteiger partial charge in [-0.15, -0.1) is 12.1 Å². The zero-order chi connectivity index (χ0) is 16.3. The molecule has 0 radical (unpaired) electrons. The van der Waals surface area contributed by atoms with E-state index in [1.54, 1.807) is 0 Å². The van der Waals surface area contributed by atoms with Crippen LogP contribution in [0.4, 0.5) is 0 Å². The molecule has 0 saturated heterocycles. The predicted molar refractivity (Wildman–Crippen MR) is 98.2 cm³/mol. The van der Waals surface area contributed by atoms with Crippen molar-refractivity contribution < 1.29 is 17.0 Å².